The summed E-state index contributed by atoms with van der Waals surface area (Å²) in [7, 11) is 0. The first-order chi connectivity index (χ1) is 5.74. The van der Waals surface area contributed by atoms with E-state index in [0.717, 1.165) is 19.5 Å². The summed E-state index contributed by atoms with van der Waals surface area (Å²) in [4.78, 5) is 2.32. The minimum Gasteiger partial charge on any atom is -0.395 e. The van der Waals surface area contributed by atoms with Gasteiger partial charge in [-0.2, -0.15) is 0 Å². The molecule has 1 rings (SSSR count). The molecule has 1 heterocycles. The summed E-state index contributed by atoms with van der Waals surface area (Å²) < 4.78 is 0. The molecule has 1 atom stereocenters. The Morgan fingerprint density at radius 1 is 1.33 bits per heavy atom. The fourth-order valence-corrected chi connectivity index (χ4v) is 1.68. The average Bonchev–Trinajstić information content (AvgIpc) is 2.51. The van der Waals surface area contributed by atoms with Crippen molar-refractivity contribution in [2.75, 3.05) is 19.7 Å². The van der Waals surface area contributed by atoms with Gasteiger partial charge in [-0.1, -0.05) is 26.0 Å². The van der Waals surface area contributed by atoms with Crippen LogP contribution in [-0.4, -0.2) is 35.7 Å². The van der Waals surface area contributed by atoms with Gasteiger partial charge in [0.05, 0.1) is 6.61 Å². The van der Waals surface area contributed by atoms with Crippen LogP contribution in [0.15, 0.2) is 12.2 Å². The van der Waals surface area contributed by atoms with Crippen LogP contribution in [0.3, 0.4) is 0 Å². The lowest BCUT2D eigenvalue weighted by molar-refractivity contribution is 0.133. The molecule has 70 valence electrons. The molecule has 1 aliphatic heterocycles. The van der Waals surface area contributed by atoms with Crippen LogP contribution in [0, 0.1) is 5.92 Å². The lowest BCUT2D eigenvalue weighted by Crippen LogP contribution is -2.37. The van der Waals surface area contributed by atoms with Crippen molar-refractivity contribution < 1.29 is 5.11 Å². The van der Waals surface area contributed by atoms with Crippen molar-refractivity contribution in [3.05, 3.63) is 12.2 Å². The van der Waals surface area contributed by atoms with E-state index in [0.29, 0.717) is 18.6 Å². The molecule has 0 bridgehead atoms. The maximum Gasteiger partial charge on any atom is 0.0587 e. The van der Waals surface area contributed by atoms with Crippen molar-refractivity contribution in [2.45, 2.75) is 26.3 Å². The summed E-state index contributed by atoms with van der Waals surface area (Å²) in [5.74, 6) is 0.669. The first-order valence-electron chi connectivity index (χ1n) is 4.74. The number of hydrogen-bond acceptors (Lipinski definition) is 2. The monoisotopic (exact) mass is 169 g/mol. The summed E-state index contributed by atoms with van der Waals surface area (Å²) in [5.41, 5.74) is 0. The third-order valence-corrected chi connectivity index (χ3v) is 2.32. The number of hydrogen-bond donors (Lipinski definition) is 1. The molecule has 12 heavy (non-hydrogen) atoms. The SMILES string of the molecule is CC(C)CC(CO)N1CC=CC1. The zero-order valence-electron chi connectivity index (χ0n) is 8.03. The highest BCUT2D eigenvalue weighted by atomic mass is 16.3. The molecule has 2 heteroatoms. The fraction of sp³-hybridized carbons (Fsp3) is 0.800. The Balaban J connectivity index is 2.34. The predicted molar refractivity (Wildman–Crippen MR) is 51.0 cm³/mol. The van der Waals surface area contributed by atoms with Crippen LogP contribution in [0.25, 0.3) is 0 Å². The van der Waals surface area contributed by atoms with Crippen LogP contribution >= 0.6 is 0 Å². The number of aliphatic hydroxyl groups is 1. The third kappa shape index (κ3) is 2.61. The van der Waals surface area contributed by atoms with Crippen LogP contribution in [-0.2, 0) is 0 Å². The summed E-state index contributed by atoms with van der Waals surface area (Å²) in [6, 6.07) is 0.361. The Kier molecular flexibility index (Phi) is 3.76. The molecule has 0 aromatic heterocycles. The van der Waals surface area contributed by atoms with Gasteiger partial charge < -0.3 is 5.11 Å². The van der Waals surface area contributed by atoms with Gasteiger partial charge in [0.25, 0.3) is 0 Å². The zero-order valence-corrected chi connectivity index (χ0v) is 8.03. The summed E-state index contributed by atoms with van der Waals surface area (Å²) in [5, 5.41) is 9.17. The van der Waals surface area contributed by atoms with Crippen molar-refractivity contribution >= 4 is 0 Å². The van der Waals surface area contributed by atoms with Crippen molar-refractivity contribution in [2.24, 2.45) is 5.92 Å². The zero-order chi connectivity index (χ0) is 8.97. The lowest BCUT2D eigenvalue weighted by atomic mass is 10.0. The van der Waals surface area contributed by atoms with Gasteiger partial charge in [0.2, 0.25) is 0 Å². The Hall–Kier alpha value is -0.340. The van der Waals surface area contributed by atoms with Crippen molar-refractivity contribution in [3.63, 3.8) is 0 Å². The quantitative estimate of drug-likeness (QED) is 0.641. The van der Waals surface area contributed by atoms with Gasteiger partial charge in [-0.05, 0) is 12.3 Å². The first-order valence-corrected chi connectivity index (χ1v) is 4.74. The molecule has 1 aliphatic rings. The molecule has 0 fully saturated rings. The topological polar surface area (TPSA) is 23.5 Å². The van der Waals surface area contributed by atoms with E-state index < -0.39 is 0 Å². The van der Waals surface area contributed by atoms with Crippen molar-refractivity contribution in [1.82, 2.24) is 4.90 Å². The fourth-order valence-electron chi connectivity index (χ4n) is 1.68. The first kappa shape index (κ1) is 9.75. The molecular weight excluding hydrogens is 150 g/mol. The highest BCUT2D eigenvalue weighted by molar-refractivity contribution is 4.97. The molecule has 0 saturated carbocycles. The molecule has 2 nitrogen and oxygen atoms in total. The Morgan fingerprint density at radius 3 is 2.33 bits per heavy atom. The van der Waals surface area contributed by atoms with Gasteiger partial charge in [0.1, 0.15) is 0 Å². The minimum atomic E-state index is 0.292. The Morgan fingerprint density at radius 2 is 1.92 bits per heavy atom. The van der Waals surface area contributed by atoms with Gasteiger partial charge >= 0.3 is 0 Å². The van der Waals surface area contributed by atoms with Crippen molar-refractivity contribution in [1.29, 1.82) is 0 Å². The predicted octanol–water partition coefficient (Wildman–Crippen LogP) is 1.27. The summed E-state index contributed by atoms with van der Waals surface area (Å²) in [6.45, 7) is 6.72. The van der Waals surface area contributed by atoms with E-state index in [4.69, 9.17) is 5.11 Å². The van der Waals surface area contributed by atoms with E-state index in [2.05, 4.69) is 30.9 Å². The molecule has 0 aliphatic carbocycles. The second-order valence-corrected chi connectivity index (χ2v) is 3.89. The minimum absolute atomic E-state index is 0.292. The normalized spacial score (nSPS) is 20.7. The molecule has 0 amide bonds. The van der Waals surface area contributed by atoms with E-state index >= 15 is 0 Å². The number of rotatable bonds is 4. The highest BCUT2D eigenvalue weighted by Crippen LogP contribution is 2.13. The average molecular weight is 169 g/mol. The summed E-state index contributed by atoms with van der Waals surface area (Å²) in [6.07, 6.45) is 5.43. The van der Waals surface area contributed by atoms with Gasteiger partial charge in [0, 0.05) is 19.1 Å². The van der Waals surface area contributed by atoms with Crippen molar-refractivity contribution in [3.8, 4) is 0 Å². The summed E-state index contributed by atoms with van der Waals surface area (Å²) >= 11 is 0. The number of aliphatic hydroxyl groups excluding tert-OH is 1. The van der Waals surface area contributed by atoms with Crippen LogP contribution in [0.2, 0.25) is 0 Å². The smallest absolute Gasteiger partial charge is 0.0587 e. The Labute approximate surface area is 74.9 Å². The largest absolute Gasteiger partial charge is 0.395 e. The van der Waals surface area contributed by atoms with Crippen LogP contribution in [0.5, 0.6) is 0 Å². The van der Waals surface area contributed by atoms with E-state index in [9.17, 15) is 0 Å². The van der Waals surface area contributed by atoms with E-state index in [1.54, 1.807) is 0 Å². The molecule has 0 aromatic rings. The molecule has 0 aromatic carbocycles. The second-order valence-electron chi connectivity index (χ2n) is 3.89. The lowest BCUT2D eigenvalue weighted by Gasteiger charge is -2.26. The van der Waals surface area contributed by atoms with Gasteiger partial charge in [-0.3, -0.25) is 4.90 Å². The van der Waals surface area contributed by atoms with E-state index in [1.165, 1.54) is 0 Å². The second kappa shape index (κ2) is 4.63. The Bertz CT molecular complexity index is 146. The molecule has 1 N–H and O–H groups in total. The van der Waals surface area contributed by atoms with Gasteiger partial charge in [0.15, 0.2) is 0 Å². The van der Waals surface area contributed by atoms with Gasteiger partial charge in [-0.15, -0.1) is 0 Å². The van der Waals surface area contributed by atoms with E-state index in [1.807, 2.05) is 0 Å². The van der Waals surface area contributed by atoms with Crippen LogP contribution < -0.4 is 0 Å². The van der Waals surface area contributed by atoms with E-state index in [-0.39, 0.29) is 0 Å². The molecular formula is C10H19NO. The molecule has 1 unspecified atom stereocenters. The van der Waals surface area contributed by atoms with Crippen LogP contribution in [0.1, 0.15) is 20.3 Å². The molecule has 0 spiro atoms. The number of nitrogens with zero attached hydrogens (tertiary/aromatic N) is 1. The highest BCUT2D eigenvalue weighted by Gasteiger charge is 2.18. The van der Waals surface area contributed by atoms with Gasteiger partial charge in [-0.25, -0.2) is 0 Å². The maximum absolute atomic E-state index is 9.17. The standard InChI is InChI=1S/C10H19NO/c1-9(2)7-10(8-12)11-5-3-4-6-11/h3-4,9-10,12H,5-8H2,1-2H3. The van der Waals surface area contributed by atoms with Crippen LogP contribution in [0.4, 0.5) is 0 Å². The molecule has 0 radical (unpaired) electrons. The third-order valence-electron chi connectivity index (χ3n) is 2.32. The maximum atomic E-state index is 9.17. The molecule has 0 saturated heterocycles.